The highest BCUT2D eigenvalue weighted by Gasteiger charge is 2.22. The lowest BCUT2D eigenvalue weighted by atomic mass is 9.97. The zero-order valence-corrected chi connectivity index (χ0v) is 14.7. The van der Waals surface area contributed by atoms with Gasteiger partial charge in [0.1, 0.15) is 0 Å². The Labute approximate surface area is 137 Å². The summed E-state index contributed by atoms with van der Waals surface area (Å²) in [6.07, 6.45) is 0. The van der Waals surface area contributed by atoms with Gasteiger partial charge in [-0.05, 0) is 24.7 Å². The monoisotopic (exact) mass is 319 g/mol. The quantitative estimate of drug-likeness (QED) is 0.815. The standard InChI is InChI=1S/C17H25N3O3/c1-17(2,3)16-18-15(19-23-16)11-20(4)10-12-7-8-13(21-5)14(9-12)22-6/h7-9H,10-11H2,1-6H3. The molecular weight excluding hydrogens is 294 g/mol. The highest BCUT2D eigenvalue weighted by atomic mass is 16.5. The predicted octanol–water partition coefficient (Wildman–Crippen LogP) is 3.02. The Kier molecular flexibility index (Phi) is 5.26. The van der Waals surface area contributed by atoms with Crippen LogP contribution >= 0.6 is 0 Å². The maximum Gasteiger partial charge on any atom is 0.232 e. The molecule has 1 aromatic heterocycles. The fourth-order valence-corrected chi connectivity index (χ4v) is 2.21. The summed E-state index contributed by atoms with van der Waals surface area (Å²) in [6.45, 7) is 7.53. The minimum atomic E-state index is -0.132. The largest absolute Gasteiger partial charge is 0.493 e. The van der Waals surface area contributed by atoms with Crippen LogP contribution in [0.15, 0.2) is 22.7 Å². The molecule has 0 aliphatic rings. The molecule has 1 aromatic carbocycles. The summed E-state index contributed by atoms with van der Waals surface area (Å²) in [5.41, 5.74) is 0.998. The van der Waals surface area contributed by atoms with Crippen LogP contribution in [-0.2, 0) is 18.5 Å². The number of benzene rings is 1. The Morgan fingerprint density at radius 3 is 2.35 bits per heavy atom. The van der Waals surface area contributed by atoms with Crippen LogP contribution in [0.25, 0.3) is 0 Å². The minimum Gasteiger partial charge on any atom is -0.493 e. The summed E-state index contributed by atoms with van der Waals surface area (Å²) in [4.78, 5) is 6.58. The van der Waals surface area contributed by atoms with Crippen molar-refractivity contribution >= 4 is 0 Å². The van der Waals surface area contributed by atoms with E-state index in [1.807, 2.05) is 25.2 Å². The molecule has 0 saturated heterocycles. The topological polar surface area (TPSA) is 60.6 Å². The molecule has 6 nitrogen and oxygen atoms in total. The predicted molar refractivity (Wildman–Crippen MR) is 87.7 cm³/mol. The first-order valence-corrected chi connectivity index (χ1v) is 7.56. The van der Waals surface area contributed by atoms with Crippen molar-refractivity contribution in [3.8, 4) is 11.5 Å². The number of hydrogen-bond donors (Lipinski definition) is 0. The van der Waals surface area contributed by atoms with Gasteiger partial charge in [0.25, 0.3) is 0 Å². The van der Waals surface area contributed by atoms with Gasteiger partial charge in [0.05, 0.1) is 20.8 Å². The fraction of sp³-hybridized carbons (Fsp3) is 0.529. The molecule has 0 radical (unpaired) electrons. The second-order valence-corrected chi connectivity index (χ2v) is 6.63. The van der Waals surface area contributed by atoms with E-state index in [0.29, 0.717) is 18.3 Å². The van der Waals surface area contributed by atoms with Crippen molar-refractivity contribution in [2.24, 2.45) is 0 Å². The summed E-state index contributed by atoms with van der Waals surface area (Å²) in [7, 11) is 5.29. The first kappa shape index (κ1) is 17.3. The SMILES string of the molecule is COc1ccc(CN(C)Cc2noc(C(C)(C)C)n2)cc1OC. The van der Waals surface area contributed by atoms with E-state index in [9.17, 15) is 0 Å². The van der Waals surface area contributed by atoms with Gasteiger partial charge in [0.2, 0.25) is 5.89 Å². The third-order valence-corrected chi connectivity index (χ3v) is 3.42. The van der Waals surface area contributed by atoms with Crippen LogP contribution in [0, 0.1) is 0 Å². The van der Waals surface area contributed by atoms with Gasteiger partial charge < -0.3 is 14.0 Å². The summed E-state index contributed by atoms with van der Waals surface area (Å²) in [5, 5.41) is 4.05. The van der Waals surface area contributed by atoms with E-state index >= 15 is 0 Å². The van der Waals surface area contributed by atoms with Crippen LogP contribution in [0.3, 0.4) is 0 Å². The molecule has 126 valence electrons. The molecule has 0 saturated carbocycles. The van der Waals surface area contributed by atoms with Gasteiger partial charge >= 0.3 is 0 Å². The third kappa shape index (κ3) is 4.45. The Balaban J connectivity index is 2.02. The van der Waals surface area contributed by atoms with Crippen LogP contribution in [-0.4, -0.2) is 36.3 Å². The maximum atomic E-state index is 5.33. The lowest BCUT2D eigenvalue weighted by Crippen LogP contribution is -2.18. The highest BCUT2D eigenvalue weighted by molar-refractivity contribution is 5.42. The minimum absolute atomic E-state index is 0.132. The smallest absolute Gasteiger partial charge is 0.232 e. The lowest BCUT2D eigenvalue weighted by molar-refractivity contribution is 0.291. The van der Waals surface area contributed by atoms with E-state index in [4.69, 9.17) is 14.0 Å². The number of aromatic nitrogens is 2. The zero-order valence-electron chi connectivity index (χ0n) is 14.7. The van der Waals surface area contributed by atoms with E-state index in [2.05, 4.69) is 35.8 Å². The molecule has 0 aliphatic heterocycles. The average molecular weight is 319 g/mol. The average Bonchev–Trinajstić information content (AvgIpc) is 2.95. The number of nitrogens with zero attached hydrogens (tertiary/aromatic N) is 3. The van der Waals surface area contributed by atoms with E-state index in [1.165, 1.54) is 0 Å². The first-order chi connectivity index (χ1) is 10.8. The number of methoxy groups -OCH3 is 2. The normalized spacial score (nSPS) is 11.8. The number of hydrogen-bond acceptors (Lipinski definition) is 6. The van der Waals surface area contributed by atoms with E-state index in [-0.39, 0.29) is 5.41 Å². The summed E-state index contributed by atoms with van der Waals surface area (Å²) >= 11 is 0. The first-order valence-electron chi connectivity index (χ1n) is 7.56. The second kappa shape index (κ2) is 7.00. The molecule has 0 amide bonds. The van der Waals surface area contributed by atoms with Crippen LogP contribution < -0.4 is 9.47 Å². The van der Waals surface area contributed by atoms with Crippen LogP contribution in [0.5, 0.6) is 11.5 Å². The molecule has 0 aliphatic carbocycles. The van der Waals surface area contributed by atoms with Crippen molar-refractivity contribution in [3.05, 3.63) is 35.5 Å². The van der Waals surface area contributed by atoms with Crippen LogP contribution in [0.4, 0.5) is 0 Å². The van der Waals surface area contributed by atoms with Gasteiger partial charge in [-0.25, -0.2) is 0 Å². The Bertz CT molecular complexity index is 647. The molecule has 2 rings (SSSR count). The molecule has 0 bridgehead atoms. The Morgan fingerprint density at radius 2 is 1.78 bits per heavy atom. The molecule has 0 unspecified atom stereocenters. The van der Waals surface area contributed by atoms with Gasteiger partial charge in [-0.1, -0.05) is 32.0 Å². The van der Waals surface area contributed by atoms with Gasteiger partial charge in [0, 0.05) is 12.0 Å². The third-order valence-electron chi connectivity index (χ3n) is 3.42. The van der Waals surface area contributed by atoms with Gasteiger partial charge in [0.15, 0.2) is 17.3 Å². The molecule has 23 heavy (non-hydrogen) atoms. The fourth-order valence-electron chi connectivity index (χ4n) is 2.21. The molecule has 0 spiro atoms. The maximum absolute atomic E-state index is 5.33. The molecule has 0 atom stereocenters. The summed E-state index contributed by atoms with van der Waals surface area (Å²) in [5.74, 6) is 2.81. The van der Waals surface area contributed by atoms with Crippen molar-refractivity contribution in [3.63, 3.8) is 0 Å². The summed E-state index contributed by atoms with van der Waals surface area (Å²) in [6, 6.07) is 5.91. The molecule has 0 N–H and O–H groups in total. The Morgan fingerprint density at radius 1 is 1.09 bits per heavy atom. The number of rotatable bonds is 6. The summed E-state index contributed by atoms with van der Waals surface area (Å²) < 4.78 is 15.9. The second-order valence-electron chi connectivity index (χ2n) is 6.63. The van der Waals surface area contributed by atoms with Crippen molar-refractivity contribution in [1.82, 2.24) is 15.0 Å². The molecule has 1 heterocycles. The van der Waals surface area contributed by atoms with Gasteiger partial charge in [-0.15, -0.1) is 0 Å². The van der Waals surface area contributed by atoms with Crippen molar-refractivity contribution in [1.29, 1.82) is 0 Å². The van der Waals surface area contributed by atoms with E-state index < -0.39 is 0 Å². The van der Waals surface area contributed by atoms with Crippen LogP contribution in [0.1, 0.15) is 38.0 Å². The van der Waals surface area contributed by atoms with Gasteiger partial charge in [-0.2, -0.15) is 4.98 Å². The van der Waals surface area contributed by atoms with E-state index in [0.717, 1.165) is 23.6 Å². The van der Waals surface area contributed by atoms with Crippen molar-refractivity contribution < 1.29 is 14.0 Å². The van der Waals surface area contributed by atoms with Crippen molar-refractivity contribution in [2.45, 2.75) is 39.3 Å². The zero-order chi connectivity index (χ0) is 17.0. The lowest BCUT2D eigenvalue weighted by Gasteiger charge is -2.16. The molecule has 2 aromatic rings. The van der Waals surface area contributed by atoms with Crippen LogP contribution in [0.2, 0.25) is 0 Å². The van der Waals surface area contributed by atoms with Gasteiger partial charge in [-0.3, -0.25) is 4.90 Å². The molecule has 6 heteroatoms. The molecule has 0 fully saturated rings. The Hall–Kier alpha value is -2.08. The highest BCUT2D eigenvalue weighted by Crippen LogP contribution is 2.28. The van der Waals surface area contributed by atoms with E-state index in [1.54, 1.807) is 14.2 Å². The van der Waals surface area contributed by atoms with Crippen molar-refractivity contribution in [2.75, 3.05) is 21.3 Å². The molecular formula is C17H25N3O3. The number of ether oxygens (including phenoxy) is 2.